The van der Waals surface area contributed by atoms with Crippen LogP contribution < -0.4 is 36.6 Å². The molecular weight excluding hydrogens is 1380 g/mol. The van der Waals surface area contributed by atoms with Crippen molar-refractivity contribution < 1.29 is 92.6 Å². The first-order valence-corrected chi connectivity index (χ1v) is 37.3. The first-order valence-electron chi connectivity index (χ1n) is 36.2. The number of Topliss-reactive ketones (excluding diaryl/α,β-unsaturated/α-hetero) is 3. The van der Waals surface area contributed by atoms with E-state index in [9.17, 15) is 82.8 Å². The number of amides is 6. The van der Waals surface area contributed by atoms with Gasteiger partial charge in [0.1, 0.15) is 41.2 Å². The zero-order valence-electron chi connectivity index (χ0n) is 60.2. The fourth-order valence-electron chi connectivity index (χ4n) is 13.3. The molecule has 30 heteroatoms. The number of thioether (sulfide) groups is 1. The molecule has 6 amide bonds. The van der Waals surface area contributed by atoms with Gasteiger partial charge in [0.25, 0.3) is 0 Å². The second kappa shape index (κ2) is 45.3. The summed E-state index contributed by atoms with van der Waals surface area (Å²) >= 11 is 0.769. The lowest BCUT2D eigenvalue weighted by Crippen LogP contribution is -2.52. The number of ketones is 3. The summed E-state index contributed by atoms with van der Waals surface area (Å²) in [5.74, 6) is -9.14. The van der Waals surface area contributed by atoms with Gasteiger partial charge in [0.05, 0.1) is 45.6 Å². The van der Waals surface area contributed by atoms with E-state index < -0.39 is 77.5 Å². The van der Waals surface area contributed by atoms with Crippen LogP contribution in [0.1, 0.15) is 114 Å². The highest BCUT2D eigenvalue weighted by Gasteiger charge is 2.33. The second-order valence-electron chi connectivity index (χ2n) is 27.3. The maximum Gasteiger partial charge on any atom is 0.327 e. The smallest absolute Gasteiger partial charge is 0.327 e. The van der Waals surface area contributed by atoms with Gasteiger partial charge in [-0.3, -0.25) is 67.5 Å². The van der Waals surface area contributed by atoms with Gasteiger partial charge < -0.3 is 62.2 Å². The molecule has 2 fully saturated rings. The van der Waals surface area contributed by atoms with Gasteiger partial charge in [-0.1, -0.05) is 73.5 Å². The number of benzene rings is 4. The van der Waals surface area contributed by atoms with Gasteiger partial charge >= 0.3 is 35.9 Å². The molecule has 6 rings (SSSR count). The number of carboxylic acids is 5. The normalized spacial score (nSPS) is 16.9. The molecule has 0 bridgehead atoms. The summed E-state index contributed by atoms with van der Waals surface area (Å²) in [4.78, 5) is 174. The Morgan fingerprint density at radius 3 is 1.66 bits per heavy atom. The van der Waals surface area contributed by atoms with Crippen molar-refractivity contribution in [3.8, 4) is 5.75 Å². The van der Waals surface area contributed by atoms with Crippen LogP contribution in [-0.4, -0.2) is 257 Å². The van der Waals surface area contributed by atoms with E-state index in [1.54, 1.807) is 16.9 Å². The van der Waals surface area contributed by atoms with Crippen molar-refractivity contribution >= 4 is 110 Å². The lowest BCUT2D eigenvalue weighted by Gasteiger charge is -2.33. The van der Waals surface area contributed by atoms with Crippen LogP contribution in [0.4, 0.5) is 4.79 Å². The number of unbranched alkanes of at least 4 members (excludes halogenated alkanes) is 3. The van der Waals surface area contributed by atoms with E-state index in [1.807, 2.05) is 82.6 Å². The number of ether oxygens (including phenoxy) is 1. The van der Waals surface area contributed by atoms with Crippen molar-refractivity contribution in [3.63, 3.8) is 0 Å². The highest BCUT2D eigenvalue weighted by atomic mass is 32.2. The van der Waals surface area contributed by atoms with Crippen molar-refractivity contribution in [2.45, 2.75) is 134 Å². The maximum absolute atomic E-state index is 14.5. The van der Waals surface area contributed by atoms with Gasteiger partial charge in [0.15, 0.2) is 0 Å². The molecule has 4 aromatic rings. The quantitative estimate of drug-likeness (QED) is 0.0215. The Morgan fingerprint density at radius 1 is 0.543 bits per heavy atom. The number of aliphatic carboxylic acids is 5. The molecular formula is C75H104N10O19S. The van der Waals surface area contributed by atoms with Crippen molar-refractivity contribution in [1.82, 2.24) is 51.5 Å². The highest BCUT2D eigenvalue weighted by Crippen LogP contribution is 2.34. The highest BCUT2D eigenvalue weighted by molar-refractivity contribution is 8.00. The number of hydrogen-bond acceptors (Lipinski definition) is 19. The summed E-state index contributed by atoms with van der Waals surface area (Å²) < 4.78 is 5.23. The number of rotatable bonds is 44. The van der Waals surface area contributed by atoms with Crippen molar-refractivity contribution in [2.24, 2.45) is 17.8 Å². The van der Waals surface area contributed by atoms with Crippen LogP contribution in [0.2, 0.25) is 0 Å². The monoisotopic (exact) mass is 1480 g/mol. The minimum Gasteiger partial charge on any atom is -0.497 e. The van der Waals surface area contributed by atoms with E-state index in [4.69, 9.17) is 9.84 Å². The standard InChI is InChI=1S/C75H104N10O19S/c1-50(86)44-82-31-35-84(46-68(91)92)37-33-83(34-38-85(36-32-82)47-69(93)94)45-57(87)16-4-3-5-19-62(79-67(90)43-77-66(89)21-12-13-51-24-28-58(104-2)29-25-51)72(98)78-42-52-22-26-53(27-23-52)65(88)41-56(40-61-59-17-8-6-14-54(59)39-55-15-7-9-18-60(55)61)71(97)76-30-11-10-20-63(73(99)100)80-75(103)81-64(74(101)102)48-105-49-70(95)96/h6-9,14-15,17-18,24-25,28-29,39,52-53,56,62-64H,3-5,10-13,16,19-23,26-27,30-38,40-49H2,1-2H3,(H,76,97)(H,77,89)(H,78,98)(H,79,90)(H,91,92)(H,93,94)(H,95,96)(H,99,100)(H,101,102)(H2,80,81,103)/t52?,53?,56-,62+,63+,64+/m1/s1. The number of carbonyl (C=O) groups is 13. The van der Waals surface area contributed by atoms with Crippen LogP contribution >= 0.6 is 11.8 Å². The number of methoxy groups -OCH3 is 1. The van der Waals surface area contributed by atoms with E-state index in [0.29, 0.717) is 116 Å². The first kappa shape index (κ1) is 84.8. The number of hydrogen-bond donors (Lipinski definition) is 11. The number of urea groups is 1. The van der Waals surface area contributed by atoms with Crippen LogP contribution in [-0.2, 0) is 70.4 Å². The number of carboxylic acid groups (broad SMARTS) is 5. The fourth-order valence-corrected chi connectivity index (χ4v) is 14.0. The molecule has 0 aromatic heterocycles. The van der Waals surface area contributed by atoms with Crippen LogP contribution in [0.25, 0.3) is 21.5 Å². The molecule has 4 atom stereocenters. The van der Waals surface area contributed by atoms with Crippen LogP contribution in [0.3, 0.4) is 0 Å². The third kappa shape index (κ3) is 31.6. The van der Waals surface area contributed by atoms with Crippen LogP contribution in [0, 0.1) is 17.8 Å². The second-order valence-corrected chi connectivity index (χ2v) is 28.3. The maximum atomic E-state index is 14.5. The molecule has 1 saturated carbocycles. The number of carbonyl (C=O) groups excluding carboxylic acids is 8. The summed E-state index contributed by atoms with van der Waals surface area (Å²) in [5.41, 5.74) is 1.92. The van der Waals surface area contributed by atoms with Crippen molar-refractivity contribution in [3.05, 3.63) is 90.0 Å². The van der Waals surface area contributed by atoms with Gasteiger partial charge in [-0.05, 0) is 141 Å². The van der Waals surface area contributed by atoms with E-state index in [0.717, 1.165) is 44.4 Å². The predicted molar refractivity (Wildman–Crippen MR) is 394 cm³/mol. The molecule has 0 radical (unpaired) electrons. The average Bonchev–Trinajstić information content (AvgIpc) is 0.773. The summed E-state index contributed by atoms with van der Waals surface area (Å²) in [6, 6.07) is 20.3. The predicted octanol–water partition coefficient (Wildman–Crippen LogP) is 4.48. The van der Waals surface area contributed by atoms with Crippen molar-refractivity contribution in [1.29, 1.82) is 0 Å². The number of aryl methyl sites for hydroxylation is 1. The Hall–Kier alpha value is -9.10. The Bertz CT molecular complexity index is 3510. The third-order valence-corrected chi connectivity index (χ3v) is 20.0. The largest absolute Gasteiger partial charge is 0.497 e. The SMILES string of the molecule is COc1ccc(CCCC(=O)NCC(=O)N[C@@H](CCCCCC(=O)CN2CCN(CC(=O)O)CCN(CC(C)=O)CCN(CC(=O)O)CC2)C(=O)NCC2CCC(C(=O)C[C@@H](Cc3c4ccccc4cc4ccccc34)C(=O)NCCCC[C@H](NC(=O)N[C@@H](CSCC(=O)O)C(=O)O)C(=O)O)CC2)cc1. The zero-order valence-corrected chi connectivity index (χ0v) is 61.0. The Labute approximate surface area is 616 Å². The molecule has 574 valence electrons. The molecule has 4 aromatic carbocycles. The zero-order chi connectivity index (χ0) is 76.2. The minimum absolute atomic E-state index is 0.0276. The molecule has 0 unspecified atom stereocenters. The molecule has 1 heterocycles. The van der Waals surface area contributed by atoms with E-state index >= 15 is 0 Å². The summed E-state index contributed by atoms with van der Waals surface area (Å²) in [7, 11) is 1.58. The lowest BCUT2D eigenvalue weighted by atomic mass is 9.77. The average molecular weight is 1480 g/mol. The lowest BCUT2D eigenvalue weighted by molar-refractivity contribution is -0.140. The Balaban J connectivity index is 1.05. The van der Waals surface area contributed by atoms with Crippen molar-refractivity contribution in [2.75, 3.05) is 117 Å². The van der Waals surface area contributed by atoms with Gasteiger partial charge in [-0.15, -0.1) is 11.8 Å². The molecule has 2 aliphatic rings. The summed E-state index contributed by atoms with van der Waals surface area (Å²) in [6.07, 6.45) is 5.86. The van der Waals surface area contributed by atoms with Gasteiger partial charge in [0.2, 0.25) is 23.6 Å². The van der Waals surface area contributed by atoms with Gasteiger partial charge in [0, 0.05) is 102 Å². The Kier molecular flexibility index (Phi) is 36.6. The van der Waals surface area contributed by atoms with Gasteiger partial charge in [-0.2, -0.15) is 0 Å². The molecule has 1 saturated heterocycles. The molecule has 11 N–H and O–H groups in total. The summed E-state index contributed by atoms with van der Waals surface area (Å²) in [5, 5.41) is 67.5. The topological polar surface area (TPSA) is 417 Å². The van der Waals surface area contributed by atoms with Gasteiger partial charge in [-0.25, -0.2) is 14.4 Å². The van der Waals surface area contributed by atoms with E-state index in [-0.39, 0.29) is 144 Å². The third-order valence-electron chi connectivity index (χ3n) is 19.0. The van der Waals surface area contributed by atoms with Crippen LogP contribution in [0.5, 0.6) is 5.75 Å². The Morgan fingerprint density at radius 2 is 1.10 bits per heavy atom. The molecule has 0 spiro atoms. The van der Waals surface area contributed by atoms with E-state index in [1.165, 1.54) is 6.92 Å². The van der Waals surface area contributed by atoms with Crippen LogP contribution in [0.15, 0.2) is 78.9 Å². The molecule has 1 aliphatic heterocycles. The molecule has 29 nitrogen and oxygen atoms in total. The number of nitrogens with one attached hydrogen (secondary N) is 6. The molecule has 105 heavy (non-hydrogen) atoms. The fraction of sp³-hybridized carbons (Fsp3) is 0.560. The molecule has 1 aliphatic carbocycles. The number of fused-ring (bicyclic) bond motifs is 2. The number of nitrogens with zero attached hydrogens (tertiary/aromatic N) is 4. The minimum atomic E-state index is -1.49. The summed E-state index contributed by atoms with van der Waals surface area (Å²) in [6.45, 7) is 3.94. The first-order chi connectivity index (χ1) is 50.3. The van der Waals surface area contributed by atoms with E-state index in [2.05, 4.69) is 38.0 Å².